The van der Waals surface area contributed by atoms with Crippen molar-refractivity contribution in [1.82, 2.24) is 9.55 Å². The van der Waals surface area contributed by atoms with E-state index in [1.807, 2.05) is 0 Å². The summed E-state index contributed by atoms with van der Waals surface area (Å²) in [5.41, 5.74) is -5.05. The molecule has 27 heavy (non-hydrogen) atoms. The molecule has 0 aliphatic rings. The molecule has 0 unspecified atom stereocenters. The van der Waals surface area contributed by atoms with Crippen molar-refractivity contribution >= 4 is 0 Å². The van der Waals surface area contributed by atoms with E-state index >= 15 is 0 Å². The van der Waals surface area contributed by atoms with Crippen LogP contribution in [0.15, 0.2) is 35.3 Å². The van der Waals surface area contributed by atoms with Crippen molar-refractivity contribution < 1.29 is 44.3 Å². The minimum Gasteiger partial charge on any atom is -0.483 e. The van der Waals surface area contributed by atoms with E-state index in [9.17, 15) is 44.3 Å². The van der Waals surface area contributed by atoms with Crippen LogP contribution in [0.25, 0.3) is 5.69 Å². The number of rotatable bonds is 3. The second-order valence-electron chi connectivity index (χ2n) is 5.05. The van der Waals surface area contributed by atoms with Crippen molar-refractivity contribution in [2.24, 2.45) is 0 Å². The number of ether oxygens (including phenoxy) is 1. The first kappa shape index (κ1) is 20.6. The lowest BCUT2D eigenvalue weighted by Gasteiger charge is -2.17. The Morgan fingerprint density at radius 1 is 0.926 bits per heavy atom. The van der Waals surface area contributed by atoms with Gasteiger partial charge < -0.3 is 4.74 Å². The molecule has 0 radical (unpaired) electrons. The van der Waals surface area contributed by atoms with Crippen LogP contribution in [0.5, 0.6) is 5.75 Å². The van der Waals surface area contributed by atoms with Crippen molar-refractivity contribution in [2.45, 2.75) is 18.5 Å². The van der Waals surface area contributed by atoms with Crippen LogP contribution in [0, 0.1) is 0 Å². The van der Waals surface area contributed by atoms with Crippen molar-refractivity contribution in [2.75, 3.05) is 6.61 Å². The van der Waals surface area contributed by atoms with Gasteiger partial charge in [0.2, 0.25) is 0 Å². The first-order valence-electron chi connectivity index (χ1n) is 6.76. The largest absolute Gasteiger partial charge is 0.483 e. The molecule has 13 heteroatoms. The number of hydrogen-bond acceptors (Lipinski definition) is 3. The standard InChI is InChI=1S/C14H7F9N2O2/c15-12(16,17)6-27-9-5-7(1-2-8(9)13(18,19)20)25-4-3-10(14(21,22)23)24-11(25)26/h1-5H,6H2. The van der Waals surface area contributed by atoms with E-state index in [-0.39, 0.29) is 0 Å². The normalized spacial score (nSPS) is 12.9. The lowest BCUT2D eigenvalue weighted by atomic mass is 10.1. The lowest BCUT2D eigenvalue weighted by Crippen LogP contribution is -2.25. The highest BCUT2D eigenvalue weighted by Gasteiger charge is 2.37. The molecule has 0 saturated carbocycles. The smallest absolute Gasteiger partial charge is 0.433 e. The van der Waals surface area contributed by atoms with Gasteiger partial charge in [-0.15, -0.1) is 0 Å². The molecule has 1 heterocycles. The molecule has 0 aliphatic heterocycles. The average molecular weight is 406 g/mol. The molecule has 2 aromatic rings. The Bertz CT molecular complexity index is 882. The highest BCUT2D eigenvalue weighted by Crippen LogP contribution is 2.38. The minimum atomic E-state index is -5.07. The molecule has 0 amide bonds. The quantitative estimate of drug-likeness (QED) is 0.718. The maximum Gasteiger partial charge on any atom is 0.433 e. The highest BCUT2D eigenvalue weighted by molar-refractivity contribution is 5.46. The van der Waals surface area contributed by atoms with E-state index in [0.29, 0.717) is 35.0 Å². The Morgan fingerprint density at radius 2 is 1.56 bits per heavy atom. The Morgan fingerprint density at radius 3 is 2.04 bits per heavy atom. The third-order valence-corrected chi connectivity index (χ3v) is 3.03. The Balaban J connectivity index is 2.51. The molecule has 0 aliphatic carbocycles. The van der Waals surface area contributed by atoms with Gasteiger partial charge in [0.15, 0.2) is 12.3 Å². The van der Waals surface area contributed by atoms with Gasteiger partial charge in [0, 0.05) is 12.3 Å². The number of aromatic nitrogens is 2. The van der Waals surface area contributed by atoms with E-state index < -0.39 is 53.5 Å². The van der Waals surface area contributed by atoms with Crippen molar-refractivity contribution in [3.05, 3.63) is 52.2 Å². The van der Waals surface area contributed by atoms with Crippen LogP contribution in [0.3, 0.4) is 0 Å². The highest BCUT2D eigenvalue weighted by atomic mass is 19.4. The van der Waals surface area contributed by atoms with Crippen molar-refractivity contribution in [1.29, 1.82) is 0 Å². The van der Waals surface area contributed by atoms with E-state index in [1.165, 1.54) is 0 Å². The number of benzene rings is 1. The van der Waals surface area contributed by atoms with Crippen LogP contribution in [0.1, 0.15) is 11.3 Å². The van der Waals surface area contributed by atoms with Crippen molar-refractivity contribution in [3.8, 4) is 11.4 Å². The Labute approximate surface area is 143 Å². The maximum atomic E-state index is 12.9. The molecule has 2 rings (SSSR count). The molecule has 1 aromatic heterocycles. The molecule has 0 atom stereocenters. The summed E-state index contributed by atoms with van der Waals surface area (Å²) in [4.78, 5) is 14.5. The Hall–Kier alpha value is -2.73. The molecule has 1 aromatic carbocycles. The van der Waals surface area contributed by atoms with E-state index in [0.717, 1.165) is 0 Å². The number of alkyl halides is 9. The number of hydrogen-bond donors (Lipinski definition) is 0. The van der Waals surface area contributed by atoms with Gasteiger partial charge in [0.1, 0.15) is 5.75 Å². The molecular formula is C14H7F9N2O2. The summed E-state index contributed by atoms with van der Waals surface area (Å²) < 4.78 is 117. The molecule has 0 N–H and O–H groups in total. The summed E-state index contributed by atoms with van der Waals surface area (Å²) in [6.07, 6.45) is -14.4. The van der Waals surface area contributed by atoms with Gasteiger partial charge in [-0.2, -0.15) is 44.5 Å². The zero-order valence-corrected chi connectivity index (χ0v) is 12.7. The van der Waals surface area contributed by atoms with Crippen LogP contribution in [0.4, 0.5) is 39.5 Å². The Kier molecular flexibility index (Phi) is 5.16. The van der Waals surface area contributed by atoms with E-state index in [2.05, 4.69) is 9.72 Å². The summed E-state index contributed by atoms with van der Waals surface area (Å²) in [5, 5.41) is 0. The third-order valence-electron chi connectivity index (χ3n) is 3.03. The molecule has 0 bridgehead atoms. The van der Waals surface area contributed by atoms with Crippen LogP contribution in [0.2, 0.25) is 0 Å². The van der Waals surface area contributed by atoms with Crippen LogP contribution in [-0.4, -0.2) is 22.3 Å². The molecule has 4 nitrogen and oxygen atoms in total. The van der Waals surface area contributed by atoms with E-state index in [4.69, 9.17) is 0 Å². The first-order valence-corrected chi connectivity index (χ1v) is 6.76. The fourth-order valence-electron chi connectivity index (χ4n) is 1.93. The van der Waals surface area contributed by atoms with Gasteiger partial charge in [0.05, 0.1) is 11.3 Å². The molecule has 0 spiro atoms. The van der Waals surface area contributed by atoms with Gasteiger partial charge in [-0.05, 0) is 18.2 Å². The lowest BCUT2D eigenvalue weighted by molar-refractivity contribution is -0.158. The van der Waals surface area contributed by atoms with Crippen LogP contribution >= 0.6 is 0 Å². The second kappa shape index (κ2) is 6.78. The zero-order valence-electron chi connectivity index (χ0n) is 12.7. The predicted octanol–water partition coefficient (Wildman–Crippen LogP) is 4.21. The van der Waals surface area contributed by atoms with Gasteiger partial charge in [-0.25, -0.2) is 4.79 Å². The SMILES string of the molecule is O=c1nc(C(F)(F)F)ccn1-c1ccc(C(F)(F)F)c(OCC(F)(F)F)c1. The number of nitrogens with zero attached hydrogens (tertiary/aromatic N) is 2. The summed E-state index contributed by atoms with van der Waals surface area (Å²) in [6, 6.07) is 1.85. The third kappa shape index (κ3) is 5.14. The topological polar surface area (TPSA) is 44.1 Å². The summed E-state index contributed by atoms with van der Waals surface area (Å²) in [7, 11) is 0. The minimum absolute atomic E-state index is 0.338. The van der Waals surface area contributed by atoms with Gasteiger partial charge in [0.25, 0.3) is 0 Å². The molecule has 0 fully saturated rings. The predicted molar refractivity (Wildman–Crippen MR) is 71.4 cm³/mol. The summed E-state index contributed by atoms with van der Waals surface area (Å²) in [5.74, 6) is -1.25. The van der Waals surface area contributed by atoms with Crippen LogP contribution < -0.4 is 10.4 Å². The summed E-state index contributed by atoms with van der Waals surface area (Å²) >= 11 is 0. The van der Waals surface area contributed by atoms with Gasteiger partial charge >= 0.3 is 24.2 Å². The fourth-order valence-corrected chi connectivity index (χ4v) is 1.93. The molecular weight excluding hydrogens is 399 g/mol. The first-order chi connectivity index (χ1) is 12.2. The van der Waals surface area contributed by atoms with E-state index in [1.54, 1.807) is 0 Å². The van der Waals surface area contributed by atoms with Gasteiger partial charge in [-0.3, -0.25) is 4.57 Å². The monoisotopic (exact) mass is 406 g/mol. The second-order valence-corrected chi connectivity index (χ2v) is 5.05. The summed E-state index contributed by atoms with van der Waals surface area (Å²) in [6.45, 7) is -2.04. The fraction of sp³-hybridized carbons (Fsp3) is 0.286. The average Bonchev–Trinajstić information content (AvgIpc) is 2.50. The van der Waals surface area contributed by atoms with Gasteiger partial charge in [-0.1, -0.05) is 0 Å². The maximum absolute atomic E-state index is 12.9. The molecule has 148 valence electrons. The van der Waals surface area contributed by atoms with Crippen molar-refractivity contribution in [3.63, 3.8) is 0 Å². The zero-order chi connectivity index (χ0) is 20.6. The molecule has 0 saturated heterocycles. The van der Waals surface area contributed by atoms with Crippen LogP contribution in [-0.2, 0) is 12.4 Å². The number of halogens is 9.